The lowest BCUT2D eigenvalue weighted by atomic mass is 9.99. The van der Waals surface area contributed by atoms with Gasteiger partial charge in [-0.3, -0.25) is 4.79 Å². The fraction of sp³-hybridized carbons (Fsp3) is 0.412. The third kappa shape index (κ3) is 2.71. The zero-order valence-electron chi connectivity index (χ0n) is 13.4. The highest BCUT2D eigenvalue weighted by atomic mass is 16.5. The highest BCUT2D eigenvalue weighted by molar-refractivity contribution is 5.97. The maximum Gasteiger partial charge on any atom is 0.254 e. The van der Waals surface area contributed by atoms with E-state index in [-0.39, 0.29) is 0 Å². The van der Waals surface area contributed by atoms with Crippen LogP contribution in [0.15, 0.2) is 30.5 Å². The third-order valence-electron chi connectivity index (χ3n) is 4.71. The second-order valence-electron chi connectivity index (χ2n) is 6.34. The van der Waals surface area contributed by atoms with Crippen molar-refractivity contribution in [3.63, 3.8) is 0 Å². The number of fused-ring (bicyclic) bond motifs is 2. The molecule has 2 aromatic rings. The van der Waals surface area contributed by atoms with Crippen LogP contribution in [0.4, 0.5) is 5.82 Å². The summed E-state index contributed by atoms with van der Waals surface area (Å²) < 4.78 is 7.53. The van der Waals surface area contributed by atoms with Gasteiger partial charge in [0, 0.05) is 43.6 Å². The summed E-state index contributed by atoms with van der Waals surface area (Å²) in [4.78, 5) is 11.4. The first-order chi connectivity index (χ1) is 11.7. The molecule has 0 bridgehead atoms. The highest BCUT2D eigenvalue weighted by Gasteiger charge is 2.26. The lowest BCUT2D eigenvalue weighted by molar-refractivity contribution is 0.100. The third-order valence-corrected chi connectivity index (χ3v) is 4.71. The first kappa shape index (κ1) is 15.0. The molecule has 24 heavy (non-hydrogen) atoms. The molecule has 0 saturated carbocycles. The number of amides is 1. The van der Waals surface area contributed by atoms with Crippen molar-refractivity contribution in [1.29, 1.82) is 0 Å². The van der Waals surface area contributed by atoms with Crippen LogP contribution < -0.4 is 21.1 Å². The number of primary amides is 1. The van der Waals surface area contributed by atoms with Crippen LogP contribution in [0.3, 0.4) is 0 Å². The van der Waals surface area contributed by atoms with Crippen molar-refractivity contribution in [2.24, 2.45) is 11.7 Å². The standard InChI is InChI=1S/C17H21N5O2/c18-16(23)13-9-21-22-10-11(8-20-17(13)22)7-19-14-5-6-24-15-4-2-1-3-12(14)15/h1-4,9,11,14,19-20H,5-8,10H2,(H2,18,23). The van der Waals surface area contributed by atoms with Crippen LogP contribution in [-0.4, -0.2) is 35.4 Å². The van der Waals surface area contributed by atoms with E-state index in [9.17, 15) is 4.79 Å². The minimum absolute atomic E-state index is 0.315. The molecule has 4 rings (SSSR count). The Labute approximate surface area is 140 Å². The van der Waals surface area contributed by atoms with Crippen molar-refractivity contribution in [1.82, 2.24) is 15.1 Å². The lowest BCUT2D eigenvalue weighted by Crippen LogP contribution is -2.38. The fourth-order valence-electron chi connectivity index (χ4n) is 3.44. The summed E-state index contributed by atoms with van der Waals surface area (Å²) in [5, 5.41) is 11.2. The van der Waals surface area contributed by atoms with E-state index in [4.69, 9.17) is 10.5 Å². The van der Waals surface area contributed by atoms with Crippen LogP contribution >= 0.6 is 0 Å². The molecule has 1 amide bonds. The molecule has 1 aromatic heterocycles. The Balaban J connectivity index is 1.40. The number of anilines is 1. The van der Waals surface area contributed by atoms with Gasteiger partial charge >= 0.3 is 0 Å². The Morgan fingerprint density at radius 1 is 1.46 bits per heavy atom. The van der Waals surface area contributed by atoms with Crippen molar-refractivity contribution in [3.8, 4) is 5.75 Å². The van der Waals surface area contributed by atoms with E-state index < -0.39 is 5.91 Å². The largest absolute Gasteiger partial charge is 0.493 e. The molecule has 7 heteroatoms. The van der Waals surface area contributed by atoms with E-state index in [1.54, 1.807) is 0 Å². The number of carbonyl (C=O) groups is 1. The Bertz CT molecular complexity index is 757. The molecular weight excluding hydrogens is 306 g/mol. The minimum Gasteiger partial charge on any atom is -0.493 e. The summed E-state index contributed by atoms with van der Waals surface area (Å²) >= 11 is 0. The first-order valence-corrected chi connectivity index (χ1v) is 8.27. The monoisotopic (exact) mass is 327 g/mol. The van der Waals surface area contributed by atoms with Crippen LogP contribution in [0.2, 0.25) is 0 Å². The van der Waals surface area contributed by atoms with Crippen LogP contribution in [0.1, 0.15) is 28.4 Å². The predicted molar refractivity (Wildman–Crippen MR) is 90.0 cm³/mol. The lowest BCUT2D eigenvalue weighted by Gasteiger charge is -2.30. The number of carbonyl (C=O) groups excluding carboxylic acids is 1. The molecule has 2 atom stereocenters. The zero-order valence-corrected chi connectivity index (χ0v) is 13.4. The summed E-state index contributed by atoms with van der Waals surface area (Å²) in [5.74, 6) is 1.66. The number of nitrogens with two attached hydrogens (primary N) is 1. The van der Waals surface area contributed by atoms with E-state index in [1.807, 2.05) is 22.9 Å². The van der Waals surface area contributed by atoms with Gasteiger partial charge in [-0.1, -0.05) is 18.2 Å². The molecule has 3 heterocycles. The quantitative estimate of drug-likeness (QED) is 0.783. The Morgan fingerprint density at radius 2 is 2.33 bits per heavy atom. The Hall–Kier alpha value is -2.54. The van der Waals surface area contributed by atoms with Crippen LogP contribution in [0.25, 0.3) is 0 Å². The fourth-order valence-corrected chi connectivity index (χ4v) is 3.44. The van der Waals surface area contributed by atoms with Gasteiger partial charge in [-0.2, -0.15) is 5.10 Å². The van der Waals surface area contributed by atoms with E-state index in [0.717, 1.165) is 44.2 Å². The molecule has 0 fully saturated rings. The molecular formula is C17H21N5O2. The van der Waals surface area contributed by atoms with Gasteiger partial charge in [0.15, 0.2) is 0 Å². The van der Waals surface area contributed by atoms with Gasteiger partial charge in [-0.15, -0.1) is 0 Å². The maximum atomic E-state index is 11.4. The highest BCUT2D eigenvalue weighted by Crippen LogP contribution is 2.31. The molecule has 1 aromatic carbocycles. The maximum absolute atomic E-state index is 11.4. The number of nitrogens with one attached hydrogen (secondary N) is 2. The molecule has 0 spiro atoms. The van der Waals surface area contributed by atoms with Gasteiger partial charge in [0.05, 0.1) is 12.8 Å². The van der Waals surface area contributed by atoms with Crippen molar-refractivity contribution in [2.45, 2.75) is 19.0 Å². The van der Waals surface area contributed by atoms with E-state index >= 15 is 0 Å². The number of rotatable bonds is 4. The summed E-state index contributed by atoms with van der Waals surface area (Å²) in [5.41, 5.74) is 7.05. The van der Waals surface area contributed by atoms with E-state index in [0.29, 0.717) is 17.5 Å². The van der Waals surface area contributed by atoms with Crippen molar-refractivity contribution < 1.29 is 9.53 Å². The van der Waals surface area contributed by atoms with E-state index in [2.05, 4.69) is 21.8 Å². The average molecular weight is 327 g/mol. The molecule has 0 aliphatic carbocycles. The molecule has 0 saturated heterocycles. The number of aromatic nitrogens is 2. The number of nitrogens with zero attached hydrogens (tertiary/aromatic N) is 2. The zero-order chi connectivity index (χ0) is 16.5. The molecule has 0 radical (unpaired) electrons. The van der Waals surface area contributed by atoms with Gasteiger partial charge in [0.2, 0.25) is 0 Å². The molecule has 7 nitrogen and oxygen atoms in total. The normalized spacial score (nSPS) is 22.0. The number of benzene rings is 1. The number of ether oxygens (including phenoxy) is 1. The van der Waals surface area contributed by atoms with E-state index in [1.165, 1.54) is 11.8 Å². The Morgan fingerprint density at radius 3 is 3.21 bits per heavy atom. The first-order valence-electron chi connectivity index (χ1n) is 8.27. The van der Waals surface area contributed by atoms with Crippen LogP contribution in [0.5, 0.6) is 5.75 Å². The SMILES string of the molecule is NC(=O)c1cnn2c1NCC(CNC1CCOc3ccccc31)C2. The molecule has 126 valence electrons. The van der Waals surface area contributed by atoms with Gasteiger partial charge in [0.1, 0.15) is 17.1 Å². The van der Waals surface area contributed by atoms with Crippen LogP contribution in [0, 0.1) is 5.92 Å². The van der Waals surface area contributed by atoms with Gasteiger partial charge in [0.25, 0.3) is 5.91 Å². The average Bonchev–Trinajstić information content (AvgIpc) is 3.03. The number of hydrogen-bond acceptors (Lipinski definition) is 5. The second kappa shape index (κ2) is 6.16. The van der Waals surface area contributed by atoms with Gasteiger partial charge in [-0.05, 0) is 6.07 Å². The summed E-state index contributed by atoms with van der Waals surface area (Å²) in [6.45, 7) is 3.18. The summed E-state index contributed by atoms with van der Waals surface area (Å²) in [6, 6.07) is 8.51. The van der Waals surface area contributed by atoms with Gasteiger partial charge < -0.3 is 21.1 Å². The topological polar surface area (TPSA) is 94.2 Å². The Kier molecular flexibility index (Phi) is 3.86. The predicted octanol–water partition coefficient (Wildman–Crippen LogP) is 1.14. The summed E-state index contributed by atoms with van der Waals surface area (Å²) in [6.07, 6.45) is 2.51. The minimum atomic E-state index is -0.445. The molecule has 2 aliphatic rings. The number of para-hydroxylation sites is 1. The second-order valence-corrected chi connectivity index (χ2v) is 6.34. The van der Waals surface area contributed by atoms with Crippen LogP contribution in [-0.2, 0) is 6.54 Å². The summed E-state index contributed by atoms with van der Waals surface area (Å²) in [7, 11) is 0. The van der Waals surface area contributed by atoms with Crippen molar-refractivity contribution >= 4 is 11.7 Å². The molecule has 2 unspecified atom stereocenters. The number of hydrogen-bond donors (Lipinski definition) is 3. The van der Waals surface area contributed by atoms with Crippen molar-refractivity contribution in [3.05, 3.63) is 41.6 Å². The molecule has 2 aliphatic heterocycles. The van der Waals surface area contributed by atoms with Crippen molar-refractivity contribution in [2.75, 3.05) is 25.0 Å². The molecule has 4 N–H and O–H groups in total. The van der Waals surface area contributed by atoms with Gasteiger partial charge in [-0.25, -0.2) is 4.68 Å². The smallest absolute Gasteiger partial charge is 0.254 e.